The number of aliphatic hydroxyl groups is 1. The lowest BCUT2D eigenvalue weighted by Gasteiger charge is -2.33. The van der Waals surface area contributed by atoms with Gasteiger partial charge in [-0.05, 0) is 42.3 Å². The summed E-state index contributed by atoms with van der Waals surface area (Å²) in [6, 6.07) is 8.46. The Morgan fingerprint density at radius 3 is 2.45 bits per heavy atom. The zero-order valence-electron chi connectivity index (χ0n) is 13.2. The first-order valence-corrected chi connectivity index (χ1v) is 8.10. The molecule has 1 aliphatic rings. The number of β-amino-alcohol motifs (C(OH)–C–C–N with tert-alkyl or cyclic N) is 1. The number of rotatable bonds is 5. The number of hydrogen-bond acceptors (Lipinski definition) is 2. The van der Waals surface area contributed by atoms with Crippen molar-refractivity contribution in [3.05, 3.63) is 35.4 Å². The molecule has 1 N–H and O–H groups in total. The molecule has 0 radical (unpaired) electrons. The maximum atomic E-state index is 10.4. The van der Waals surface area contributed by atoms with Crippen LogP contribution < -0.4 is 0 Å². The molecule has 1 aliphatic heterocycles. The van der Waals surface area contributed by atoms with Crippen molar-refractivity contribution in [1.82, 2.24) is 4.90 Å². The lowest BCUT2D eigenvalue weighted by atomic mass is 9.95. The van der Waals surface area contributed by atoms with Gasteiger partial charge in [-0.2, -0.15) is 0 Å². The van der Waals surface area contributed by atoms with Gasteiger partial charge in [0, 0.05) is 13.1 Å². The SMILES string of the molecule is CCC1CCCN(CC(O)c2ccc(C(C)C)cc2)C1. The average Bonchev–Trinajstić information content (AvgIpc) is 2.47. The van der Waals surface area contributed by atoms with Crippen LogP contribution in [0.5, 0.6) is 0 Å². The van der Waals surface area contributed by atoms with Crippen LogP contribution in [0.4, 0.5) is 0 Å². The first kappa shape index (κ1) is 15.5. The van der Waals surface area contributed by atoms with E-state index in [-0.39, 0.29) is 6.10 Å². The van der Waals surface area contributed by atoms with Crippen LogP contribution in [0.25, 0.3) is 0 Å². The van der Waals surface area contributed by atoms with Gasteiger partial charge in [0.1, 0.15) is 0 Å². The van der Waals surface area contributed by atoms with Crippen molar-refractivity contribution in [2.75, 3.05) is 19.6 Å². The smallest absolute Gasteiger partial charge is 0.0916 e. The van der Waals surface area contributed by atoms with E-state index in [4.69, 9.17) is 0 Å². The number of nitrogens with zero attached hydrogens (tertiary/aromatic N) is 1. The van der Waals surface area contributed by atoms with Gasteiger partial charge >= 0.3 is 0 Å². The van der Waals surface area contributed by atoms with Crippen molar-refractivity contribution < 1.29 is 5.11 Å². The Kier molecular flexibility index (Phi) is 5.62. The fourth-order valence-electron chi connectivity index (χ4n) is 3.10. The maximum absolute atomic E-state index is 10.4. The summed E-state index contributed by atoms with van der Waals surface area (Å²) in [5.74, 6) is 1.37. The fourth-order valence-corrected chi connectivity index (χ4v) is 3.10. The van der Waals surface area contributed by atoms with Crippen molar-refractivity contribution >= 4 is 0 Å². The van der Waals surface area contributed by atoms with Gasteiger partial charge in [0.05, 0.1) is 6.10 Å². The lowest BCUT2D eigenvalue weighted by Crippen LogP contribution is -2.37. The van der Waals surface area contributed by atoms with Gasteiger partial charge in [-0.1, -0.05) is 51.5 Å². The quantitative estimate of drug-likeness (QED) is 0.879. The summed E-state index contributed by atoms with van der Waals surface area (Å²) in [7, 11) is 0. The van der Waals surface area contributed by atoms with E-state index in [1.54, 1.807) is 0 Å². The fraction of sp³-hybridized carbons (Fsp3) is 0.667. The highest BCUT2D eigenvalue weighted by Gasteiger charge is 2.21. The highest BCUT2D eigenvalue weighted by atomic mass is 16.3. The monoisotopic (exact) mass is 275 g/mol. The van der Waals surface area contributed by atoms with Crippen molar-refractivity contribution in [2.24, 2.45) is 5.92 Å². The van der Waals surface area contributed by atoms with Gasteiger partial charge in [0.15, 0.2) is 0 Å². The van der Waals surface area contributed by atoms with E-state index in [0.29, 0.717) is 5.92 Å². The summed E-state index contributed by atoms with van der Waals surface area (Å²) in [5.41, 5.74) is 2.39. The van der Waals surface area contributed by atoms with E-state index in [2.05, 4.69) is 49.9 Å². The van der Waals surface area contributed by atoms with Crippen LogP contribution in [0.2, 0.25) is 0 Å². The minimum absolute atomic E-state index is 0.355. The second-order valence-corrected chi connectivity index (χ2v) is 6.51. The van der Waals surface area contributed by atoms with Crippen molar-refractivity contribution in [3.8, 4) is 0 Å². The molecule has 0 aliphatic carbocycles. The molecule has 0 amide bonds. The molecule has 1 heterocycles. The largest absolute Gasteiger partial charge is 0.387 e. The highest BCUT2D eigenvalue weighted by molar-refractivity contribution is 5.26. The summed E-state index contributed by atoms with van der Waals surface area (Å²) < 4.78 is 0. The molecule has 0 spiro atoms. The summed E-state index contributed by atoms with van der Waals surface area (Å²) in [4.78, 5) is 2.43. The van der Waals surface area contributed by atoms with E-state index in [1.807, 2.05) is 0 Å². The van der Waals surface area contributed by atoms with E-state index < -0.39 is 0 Å². The second-order valence-electron chi connectivity index (χ2n) is 6.51. The van der Waals surface area contributed by atoms with Crippen LogP contribution >= 0.6 is 0 Å². The molecule has 0 saturated carbocycles. The molecule has 0 aromatic heterocycles. The summed E-state index contributed by atoms with van der Waals surface area (Å²) in [6.07, 6.45) is 3.53. The number of aliphatic hydroxyl groups excluding tert-OH is 1. The van der Waals surface area contributed by atoms with Crippen LogP contribution in [-0.4, -0.2) is 29.6 Å². The Balaban J connectivity index is 1.92. The third-order valence-electron chi connectivity index (χ3n) is 4.60. The first-order valence-electron chi connectivity index (χ1n) is 8.10. The molecule has 112 valence electrons. The number of piperidine rings is 1. The van der Waals surface area contributed by atoms with E-state index in [1.165, 1.54) is 24.8 Å². The molecule has 1 saturated heterocycles. The van der Waals surface area contributed by atoms with Gasteiger partial charge < -0.3 is 10.0 Å². The molecule has 0 bridgehead atoms. The van der Waals surface area contributed by atoms with Crippen molar-refractivity contribution in [1.29, 1.82) is 0 Å². The zero-order valence-corrected chi connectivity index (χ0v) is 13.2. The van der Waals surface area contributed by atoms with E-state index in [0.717, 1.165) is 31.1 Å². The Hall–Kier alpha value is -0.860. The normalized spacial score (nSPS) is 22.1. The molecular weight excluding hydrogens is 246 g/mol. The second kappa shape index (κ2) is 7.24. The van der Waals surface area contributed by atoms with Gasteiger partial charge in [-0.3, -0.25) is 0 Å². The van der Waals surface area contributed by atoms with Crippen LogP contribution in [0.1, 0.15) is 63.2 Å². The van der Waals surface area contributed by atoms with Gasteiger partial charge in [0.25, 0.3) is 0 Å². The van der Waals surface area contributed by atoms with Crippen molar-refractivity contribution in [2.45, 2.75) is 52.1 Å². The third-order valence-corrected chi connectivity index (χ3v) is 4.60. The standard InChI is InChI=1S/C18H29NO/c1-4-15-6-5-11-19(12-15)13-18(20)17-9-7-16(8-10-17)14(2)3/h7-10,14-15,18,20H,4-6,11-13H2,1-3H3. The topological polar surface area (TPSA) is 23.5 Å². The molecule has 2 unspecified atom stereocenters. The predicted molar refractivity (Wildman–Crippen MR) is 84.9 cm³/mol. The van der Waals surface area contributed by atoms with Gasteiger partial charge in [-0.15, -0.1) is 0 Å². The third kappa shape index (κ3) is 4.07. The Morgan fingerprint density at radius 2 is 1.85 bits per heavy atom. The van der Waals surface area contributed by atoms with Crippen LogP contribution in [0.3, 0.4) is 0 Å². The van der Waals surface area contributed by atoms with Gasteiger partial charge in [-0.25, -0.2) is 0 Å². The Labute approximate surface area is 123 Å². The molecule has 1 aromatic carbocycles. The summed E-state index contributed by atoms with van der Waals surface area (Å²) >= 11 is 0. The molecule has 2 nitrogen and oxygen atoms in total. The van der Waals surface area contributed by atoms with Crippen LogP contribution in [-0.2, 0) is 0 Å². The molecule has 1 fully saturated rings. The predicted octanol–water partition coefficient (Wildman–Crippen LogP) is 3.97. The number of benzene rings is 1. The number of likely N-dealkylation sites (tertiary alicyclic amines) is 1. The molecule has 1 aromatic rings. The molecule has 20 heavy (non-hydrogen) atoms. The molecular formula is C18H29NO. The van der Waals surface area contributed by atoms with E-state index in [9.17, 15) is 5.11 Å². The van der Waals surface area contributed by atoms with E-state index >= 15 is 0 Å². The molecule has 2 rings (SSSR count). The Morgan fingerprint density at radius 1 is 1.20 bits per heavy atom. The minimum atomic E-state index is -0.355. The zero-order chi connectivity index (χ0) is 14.5. The Bertz CT molecular complexity index is 398. The minimum Gasteiger partial charge on any atom is -0.387 e. The highest BCUT2D eigenvalue weighted by Crippen LogP contribution is 2.23. The lowest BCUT2D eigenvalue weighted by molar-refractivity contribution is 0.0836. The molecule has 2 heteroatoms. The van der Waals surface area contributed by atoms with Crippen molar-refractivity contribution in [3.63, 3.8) is 0 Å². The average molecular weight is 275 g/mol. The van der Waals surface area contributed by atoms with Crippen LogP contribution in [0, 0.1) is 5.92 Å². The summed E-state index contributed by atoms with van der Waals surface area (Å²) in [6.45, 7) is 9.73. The maximum Gasteiger partial charge on any atom is 0.0916 e. The first-order chi connectivity index (χ1) is 9.60. The molecule has 2 atom stereocenters. The van der Waals surface area contributed by atoms with Gasteiger partial charge in [0.2, 0.25) is 0 Å². The number of hydrogen-bond donors (Lipinski definition) is 1. The summed E-state index contributed by atoms with van der Waals surface area (Å²) in [5, 5.41) is 10.4. The van der Waals surface area contributed by atoms with Crippen LogP contribution in [0.15, 0.2) is 24.3 Å².